The minimum atomic E-state index is -0.635. The molecule has 0 bridgehead atoms. The molecule has 2 amide bonds. The SMILES string of the molecule is Cc1cc(C(=O)N[C@H]2CC[C@H](NC(=O)c3cc(F)cnc3Oc3cccc(-c4ccc(CCCO)cc4)c3)CC2)nn1C. The zero-order chi connectivity index (χ0) is 30.3. The Morgan fingerprint density at radius 1 is 0.977 bits per heavy atom. The summed E-state index contributed by atoms with van der Waals surface area (Å²) in [5.74, 6) is -0.823. The van der Waals surface area contributed by atoms with E-state index in [9.17, 15) is 14.0 Å². The molecule has 0 aliphatic heterocycles. The number of pyridine rings is 1. The van der Waals surface area contributed by atoms with Crippen LogP contribution in [0.3, 0.4) is 0 Å². The first-order chi connectivity index (χ1) is 20.8. The number of benzene rings is 2. The zero-order valence-corrected chi connectivity index (χ0v) is 24.3. The summed E-state index contributed by atoms with van der Waals surface area (Å²) in [6, 6.07) is 18.2. The van der Waals surface area contributed by atoms with Gasteiger partial charge in [0.15, 0.2) is 0 Å². The maximum atomic E-state index is 14.2. The summed E-state index contributed by atoms with van der Waals surface area (Å²) < 4.78 is 21.9. The van der Waals surface area contributed by atoms with Crippen LogP contribution in [-0.4, -0.2) is 50.4 Å². The Kier molecular flexibility index (Phi) is 9.46. The highest BCUT2D eigenvalue weighted by Crippen LogP contribution is 2.29. The number of aliphatic hydroxyl groups is 1. The van der Waals surface area contributed by atoms with E-state index in [1.807, 2.05) is 49.4 Å². The van der Waals surface area contributed by atoms with Crippen LogP contribution < -0.4 is 15.4 Å². The van der Waals surface area contributed by atoms with Crippen LogP contribution in [0.25, 0.3) is 11.1 Å². The van der Waals surface area contributed by atoms with E-state index >= 15 is 0 Å². The van der Waals surface area contributed by atoms with E-state index in [1.165, 1.54) is 0 Å². The van der Waals surface area contributed by atoms with Gasteiger partial charge in [0.05, 0.1) is 6.20 Å². The van der Waals surface area contributed by atoms with E-state index in [-0.39, 0.29) is 36.0 Å². The molecular weight excluding hydrogens is 549 g/mol. The number of nitrogens with one attached hydrogen (secondary N) is 2. The minimum Gasteiger partial charge on any atom is -0.438 e. The van der Waals surface area contributed by atoms with Gasteiger partial charge < -0.3 is 20.5 Å². The zero-order valence-electron chi connectivity index (χ0n) is 24.3. The molecule has 0 unspecified atom stereocenters. The van der Waals surface area contributed by atoms with Gasteiger partial charge in [-0.25, -0.2) is 9.37 Å². The Morgan fingerprint density at radius 3 is 2.33 bits per heavy atom. The fraction of sp³-hybridized carbons (Fsp3) is 0.333. The van der Waals surface area contributed by atoms with Gasteiger partial charge in [-0.3, -0.25) is 14.3 Å². The van der Waals surface area contributed by atoms with Crippen molar-refractivity contribution < 1.29 is 23.8 Å². The number of rotatable bonds is 10. The van der Waals surface area contributed by atoms with Gasteiger partial charge in [-0.05, 0) is 86.4 Å². The Balaban J connectivity index is 1.20. The Morgan fingerprint density at radius 2 is 1.67 bits per heavy atom. The van der Waals surface area contributed by atoms with Crippen LogP contribution in [0, 0.1) is 12.7 Å². The van der Waals surface area contributed by atoms with Gasteiger partial charge in [0.2, 0.25) is 5.88 Å². The number of amides is 2. The van der Waals surface area contributed by atoms with Crippen LogP contribution in [0.15, 0.2) is 66.9 Å². The monoisotopic (exact) mass is 585 g/mol. The maximum Gasteiger partial charge on any atom is 0.272 e. The van der Waals surface area contributed by atoms with Gasteiger partial charge in [-0.1, -0.05) is 36.4 Å². The van der Waals surface area contributed by atoms with Crippen molar-refractivity contribution in [2.75, 3.05) is 6.61 Å². The van der Waals surface area contributed by atoms with Crippen molar-refractivity contribution in [3.8, 4) is 22.8 Å². The molecule has 2 aromatic carbocycles. The molecule has 224 valence electrons. The quantitative estimate of drug-likeness (QED) is 0.238. The summed E-state index contributed by atoms with van der Waals surface area (Å²) in [6.07, 6.45) is 5.28. The van der Waals surface area contributed by atoms with E-state index in [0.717, 1.165) is 47.5 Å². The van der Waals surface area contributed by atoms with Crippen molar-refractivity contribution in [2.24, 2.45) is 7.05 Å². The molecule has 0 saturated heterocycles. The molecule has 1 aliphatic carbocycles. The lowest BCUT2D eigenvalue weighted by Crippen LogP contribution is -2.44. The maximum absolute atomic E-state index is 14.2. The Hall–Kier alpha value is -4.57. The van der Waals surface area contributed by atoms with Gasteiger partial charge in [0, 0.05) is 31.4 Å². The first-order valence-corrected chi connectivity index (χ1v) is 14.5. The average molecular weight is 586 g/mol. The van der Waals surface area contributed by atoms with Crippen LogP contribution in [-0.2, 0) is 13.5 Å². The second-order valence-corrected chi connectivity index (χ2v) is 11.0. The average Bonchev–Trinajstić information content (AvgIpc) is 3.36. The summed E-state index contributed by atoms with van der Waals surface area (Å²) in [5, 5.41) is 19.3. The summed E-state index contributed by atoms with van der Waals surface area (Å²) >= 11 is 0. The van der Waals surface area contributed by atoms with Crippen LogP contribution in [0.1, 0.15) is 64.2 Å². The molecule has 2 heterocycles. The van der Waals surface area contributed by atoms with E-state index in [0.29, 0.717) is 37.1 Å². The van der Waals surface area contributed by atoms with Crippen molar-refractivity contribution >= 4 is 11.8 Å². The third kappa shape index (κ3) is 7.64. The van der Waals surface area contributed by atoms with Gasteiger partial charge >= 0.3 is 0 Å². The number of carbonyl (C=O) groups is 2. The highest BCUT2D eigenvalue weighted by atomic mass is 19.1. The number of nitrogens with zero attached hydrogens (tertiary/aromatic N) is 3. The second-order valence-electron chi connectivity index (χ2n) is 11.0. The van der Waals surface area contributed by atoms with E-state index in [1.54, 1.807) is 23.9 Å². The third-order valence-corrected chi connectivity index (χ3v) is 7.77. The van der Waals surface area contributed by atoms with E-state index < -0.39 is 11.7 Å². The van der Waals surface area contributed by atoms with Crippen LogP contribution in [0.5, 0.6) is 11.6 Å². The van der Waals surface area contributed by atoms with Crippen molar-refractivity contribution in [1.82, 2.24) is 25.4 Å². The van der Waals surface area contributed by atoms with Gasteiger partial charge in [-0.15, -0.1) is 0 Å². The summed E-state index contributed by atoms with van der Waals surface area (Å²) in [4.78, 5) is 29.9. The van der Waals surface area contributed by atoms with Gasteiger partial charge in [-0.2, -0.15) is 5.10 Å². The molecule has 1 aliphatic rings. The molecule has 43 heavy (non-hydrogen) atoms. The fourth-order valence-corrected chi connectivity index (χ4v) is 5.24. The van der Waals surface area contributed by atoms with Crippen molar-refractivity contribution in [2.45, 2.75) is 57.5 Å². The predicted octanol–water partition coefficient (Wildman–Crippen LogP) is 5.12. The molecule has 1 fully saturated rings. The van der Waals surface area contributed by atoms with Crippen molar-refractivity contribution in [3.63, 3.8) is 0 Å². The summed E-state index contributed by atoms with van der Waals surface area (Å²) in [7, 11) is 1.80. The largest absolute Gasteiger partial charge is 0.438 e. The van der Waals surface area contributed by atoms with Crippen molar-refractivity contribution in [3.05, 3.63) is 95.2 Å². The van der Waals surface area contributed by atoms with Gasteiger partial charge in [0.1, 0.15) is 22.8 Å². The van der Waals surface area contributed by atoms with Gasteiger partial charge in [0.25, 0.3) is 11.8 Å². The number of hydrogen-bond donors (Lipinski definition) is 3. The summed E-state index contributed by atoms with van der Waals surface area (Å²) in [5.41, 5.74) is 4.36. The number of carbonyl (C=O) groups excluding carboxylic acids is 2. The smallest absolute Gasteiger partial charge is 0.272 e. The highest BCUT2D eigenvalue weighted by Gasteiger charge is 2.26. The van der Waals surface area contributed by atoms with Crippen LogP contribution >= 0.6 is 0 Å². The lowest BCUT2D eigenvalue weighted by Gasteiger charge is -2.29. The Bertz CT molecular complexity index is 1560. The molecular formula is C33H36FN5O4. The van der Waals surface area contributed by atoms with E-state index in [2.05, 4.69) is 20.7 Å². The molecule has 0 radical (unpaired) electrons. The minimum absolute atomic E-state index is 0.0123. The fourth-order valence-electron chi connectivity index (χ4n) is 5.24. The van der Waals surface area contributed by atoms with E-state index in [4.69, 9.17) is 9.84 Å². The molecule has 4 aromatic rings. The number of aromatic nitrogens is 3. The molecule has 3 N–H and O–H groups in total. The number of hydrogen-bond acceptors (Lipinski definition) is 6. The summed E-state index contributed by atoms with van der Waals surface area (Å²) in [6.45, 7) is 2.05. The van der Waals surface area contributed by atoms with Crippen molar-refractivity contribution in [1.29, 1.82) is 0 Å². The predicted molar refractivity (Wildman–Crippen MR) is 160 cm³/mol. The third-order valence-electron chi connectivity index (χ3n) is 7.77. The molecule has 1 saturated carbocycles. The highest BCUT2D eigenvalue weighted by molar-refractivity contribution is 5.96. The normalized spacial score (nSPS) is 16.5. The molecule has 5 rings (SSSR count). The lowest BCUT2D eigenvalue weighted by atomic mass is 9.91. The molecule has 9 nitrogen and oxygen atoms in total. The number of ether oxygens (including phenoxy) is 1. The standard InChI is InChI=1S/C33H36FN5O4/c1-21-17-30(38-39(21)2)32(42)37-27-14-12-26(13-15-27)36-31(41)29-19-25(34)20-35-33(29)43-28-7-3-6-24(18-28)23-10-8-22(9-11-23)5-4-16-40/h3,6-11,17-20,26-27,40H,4-5,12-16H2,1-2H3,(H,36,41)(H,37,42)/t26-,27-. The molecule has 0 spiro atoms. The molecule has 2 aromatic heterocycles. The number of aliphatic hydroxyl groups excluding tert-OH is 1. The van der Waals surface area contributed by atoms with Crippen LogP contribution in [0.4, 0.5) is 4.39 Å². The second kappa shape index (κ2) is 13.6. The molecule has 10 heteroatoms. The lowest BCUT2D eigenvalue weighted by molar-refractivity contribution is 0.0887. The first-order valence-electron chi connectivity index (χ1n) is 14.5. The first kappa shape index (κ1) is 29.9. The number of aryl methyl sites for hydroxylation is 3. The molecule has 0 atom stereocenters. The number of halogens is 1. The van der Waals surface area contributed by atoms with Crippen LogP contribution in [0.2, 0.25) is 0 Å². The Labute approximate surface area is 250 Å². The topological polar surface area (TPSA) is 118 Å².